The van der Waals surface area contributed by atoms with Crippen molar-refractivity contribution in [2.75, 3.05) is 18.0 Å². The number of carbonyl (C=O) groups is 1. The summed E-state index contributed by atoms with van der Waals surface area (Å²) in [7, 11) is 0. The van der Waals surface area contributed by atoms with Gasteiger partial charge < -0.3 is 10.6 Å². The van der Waals surface area contributed by atoms with Gasteiger partial charge in [0.2, 0.25) is 0 Å². The van der Waals surface area contributed by atoms with Crippen molar-refractivity contribution < 1.29 is 4.79 Å². The van der Waals surface area contributed by atoms with Gasteiger partial charge in [0.15, 0.2) is 0 Å². The van der Waals surface area contributed by atoms with Gasteiger partial charge in [-0.2, -0.15) is 0 Å². The SMILES string of the molecule is CCc1ccc(C2=CCN(c3cncc(C(N)=O)n3)CC2)cc1. The number of aryl methyl sites for hydroxylation is 1. The molecule has 2 N–H and O–H groups in total. The van der Waals surface area contributed by atoms with E-state index < -0.39 is 5.91 Å². The molecule has 1 aliphatic rings. The number of aromatic nitrogens is 2. The topological polar surface area (TPSA) is 72.1 Å². The molecule has 3 rings (SSSR count). The van der Waals surface area contributed by atoms with E-state index in [1.165, 1.54) is 22.9 Å². The normalized spacial score (nSPS) is 14.5. The van der Waals surface area contributed by atoms with Crippen LogP contribution in [0.1, 0.15) is 35.0 Å². The first-order chi connectivity index (χ1) is 11.2. The van der Waals surface area contributed by atoms with Gasteiger partial charge in [0.1, 0.15) is 11.5 Å². The third-order valence-corrected chi connectivity index (χ3v) is 4.14. The highest BCUT2D eigenvalue weighted by Gasteiger charge is 2.16. The van der Waals surface area contributed by atoms with Crippen LogP contribution in [-0.2, 0) is 6.42 Å². The first kappa shape index (κ1) is 15.2. The molecule has 1 aromatic heterocycles. The number of benzene rings is 1. The van der Waals surface area contributed by atoms with Gasteiger partial charge in [0.05, 0.1) is 12.4 Å². The summed E-state index contributed by atoms with van der Waals surface area (Å²) in [6, 6.07) is 8.75. The van der Waals surface area contributed by atoms with Crippen molar-refractivity contribution in [2.24, 2.45) is 5.73 Å². The number of anilines is 1. The molecule has 2 aromatic rings. The second-order valence-electron chi connectivity index (χ2n) is 5.60. The maximum absolute atomic E-state index is 11.2. The zero-order valence-electron chi connectivity index (χ0n) is 13.2. The van der Waals surface area contributed by atoms with Gasteiger partial charge in [-0.1, -0.05) is 37.3 Å². The number of rotatable bonds is 4. The van der Waals surface area contributed by atoms with Crippen molar-refractivity contribution in [3.63, 3.8) is 0 Å². The molecule has 0 bridgehead atoms. The van der Waals surface area contributed by atoms with E-state index in [1.54, 1.807) is 6.20 Å². The second kappa shape index (κ2) is 6.60. The smallest absolute Gasteiger partial charge is 0.268 e. The number of nitrogens with zero attached hydrogens (tertiary/aromatic N) is 3. The lowest BCUT2D eigenvalue weighted by Crippen LogP contribution is -2.30. The molecule has 23 heavy (non-hydrogen) atoms. The average Bonchev–Trinajstić information content (AvgIpc) is 2.62. The van der Waals surface area contributed by atoms with Gasteiger partial charge in [-0.05, 0) is 29.5 Å². The highest BCUT2D eigenvalue weighted by molar-refractivity contribution is 5.90. The van der Waals surface area contributed by atoms with Crippen molar-refractivity contribution >= 4 is 17.3 Å². The largest absolute Gasteiger partial charge is 0.364 e. The van der Waals surface area contributed by atoms with Crippen LogP contribution in [0.4, 0.5) is 5.82 Å². The second-order valence-corrected chi connectivity index (χ2v) is 5.60. The molecule has 0 spiro atoms. The van der Waals surface area contributed by atoms with E-state index >= 15 is 0 Å². The summed E-state index contributed by atoms with van der Waals surface area (Å²) in [5, 5.41) is 0. The molecule has 0 unspecified atom stereocenters. The zero-order valence-corrected chi connectivity index (χ0v) is 13.2. The molecule has 0 aliphatic carbocycles. The Hall–Kier alpha value is -2.69. The maximum atomic E-state index is 11.2. The average molecular weight is 308 g/mol. The number of nitrogens with two attached hydrogens (primary N) is 1. The lowest BCUT2D eigenvalue weighted by atomic mass is 9.98. The summed E-state index contributed by atoms with van der Waals surface area (Å²) in [5.41, 5.74) is 9.44. The minimum absolute atomic E-state index is 0.201. The molecule has 2 heterocycles. The van der Waals surface area contributed by atoms with Crippen molar-refractivity contribution in [3.8, 4) is 0 Å². The van der Waals surface area contributed by atoms with Crippen LogP contribution in [0.5, 0.6) is 0 Å². The fraction of sp³-hybridized carbons (Fsp3) is 0.278. The van der Waals surface area contributed by atoms with Crippen LogP contribution in [0.2, 0.25) is 0 Å². The third-order valence-electron chi connectivity index (χ3n) is 4.14. The van der Waals surface area contributed by atoms with Gasteiger partial charge in [0.25, 0.3) is 5.91 Å². The molecule has 0 atom stereocenters. The predicted molar refractivity (Wildman–Crippen MR) is 91.2 cm³/mol. The zero-order chi connectivity index (χ0) is 16.2. The Labute approximate surface area is 135 Å². The number of carbonyl (C=O) groups excluding carboxylic acids is 1. The highest BCUT2D eigenvalue weighted by Crippen LogP contribution is 2.25. The molecule has 0 fully saturated rings. The van der Waals surface area contributed by atoms with Crippen LogP contribution in [0.25, 0.3) is 5.57 Å². The van der Waals surface area contributed by atoms with E-state index in [9.17, 15) is 4.79 Å². The molecule has 118 valence electrons. The Kier molecular flexibility index (Phi) is 4.37. The van der Waals surface area contributed by atoms with Crippen LogP contribution in [0.15, 0.2) is 42.7 Å². The first-order valence-electron chi connectivity index (χ1n) is 7.82. The number of hydrogen-bond acceptors (Lipinski definition) is 4. The number of primary amides is 1. The highest BCUT2D eigenvalue weighted by atomic mass is 16.1. The minimum atomic E-state index is -0.552. The number of amides is 1. The van der Waals surface area contributed by atoms with Crippen molar-refractivity contribution in [2.45, 2.75) is 19.8 Å². The molecular weight excluding hydrogens is 288 g/mol. The summed E-state index contributed by atoms with van der Waals surface area (Å²) in [6.07, 6.45) is 7.27. The van der Waals surface area contributed by atoms with Crippen LogP contribution >= 0.6 is 0 Å². The minimum Gasteiger partial charge on any atom is -0.364 e. The Morgan fingerprint density at radius 2 is 2.04 bits per heavy atom. The molecule has 1 aliphatic heterocycles. The Bertz CT molecular complexity index is 737. The van der Waals surface area contributed by atoms with E-state index in [4.69, 9.17) is 5.73 Å². The Balaban J connectivity index is 1.74. The van der Waals surface area contributed by atoms with E-state index in [0.29, 0.717) is 5.82 Å². The van der Waals surface area contributed by atoms with Gasteiger partial charge in [-0.15, -0.1) is 0 Å². The fourth-order valence-electron chi connectivity index (χ4n) is 2.72. The Morgan fingerprint density at radius 1 is 1.26 bits per heavy atom. The van der Waals surface area contributed by atoms with Crippen LogP contribution in [0.3, 0.4) is 0 Å². The molecule has 0 radical (unpaired) electrons. The lowest BCUT2D eigenvalue weighted by molar-refractivity contribution is 0.0995. The fourth-order valence-corrected chi connectivity index (χ4v) is 2.72. The van der Waals surface area contributed by atoms with Crippen molar-refractivity contribution in [3.05, 3.63) is 59.6 Å². The molecule has 0 saturated carbocycles. The summed E-state index contributed by atoms with van der Waals surface area (Å²) in [5.74, 6) is 0.140. The predicted octanol–water partition coefficient (Wildman–Crippen LogP) is 2.43. The third kappa shape index (κ3) is 3.39. The Morgan fingerprint density at radius 3 is 2.65 bits per heavy atom. The standard InChI is InChI=1S/C18H20N4O/c1-2-13-3-5-14(6-4-13)15-7-9-22(10-8-15)17-12-20-11-16(21-17)18(19)23/h3-7,11-12H,2,8-10H2,1H3,(H2,19,23). The molecular formula is C18H20N4O. The summed E-state index contributed by atoms with van der Waals surface area (Å²) in [4.78, 5) is 21.6. The summed E-state index contributed by atoms with van der Waals surface area (Å²) < 4.78 is 0. The molecule has 0 saturated heterocycles. The van der Waals surface area contributed by atoms with Crippen molar-refractivity contribution in [1.82, 2.24) is 9.97 Å². The van der Waals surface area contributed by atoms with Crippen LogP contribution in [-0.4, -0.2) is 29.0 Å². The summed E-state index contributed by atoms with van der Waals surface area (Å²) >= 11 is 0. The van der Waals surface area contributed by atoms with Crippen LogP contribution in [0, 0.1) is 0 Å². The molecule has 5 heteroatoms. The van der Waals surface area contributed by atoms with Gasteiger partial charge >= 0.3 is 0 Å². The molecule has 1 amide bonds. The maximum Gasteiger partial charge on any atom is 0.268 e. The van der Waals surface area contributed by atoms with E-state index in [0.717, 1.165) is 25.9 Å². The lowest BCUT2D eigenvalue weighted by Gasteiger charge is -2.27. The van der Waals surface area contributed by atoms with Crippen LogP contribution < -0.4 is 10.6 Å². The van der Waals surface area contributed by atoms with Crippen molar-refractivity contribution in [1.29, 1.82) is 0 Å². The quantitative estimate of drug-likeness (QED) is 0.941. The molecule has 5 nitrogen and oxygen atoms in total. The monoisotopic (exact) mass is 308 g/mol. The van der Waals surface area contributed by atoms with E-state index in [-0.39, 0.29) is 5.69 Å². The molecule has 1 aromatic carbocycles. The summed E-state index contributed by atoms with van der Waals surface area (Å²) in [6.45, 7) is 3.76. The first-order valence-corrected chi connectivity index (χ1v) is 7.82. The van der Waals surface area contributed by atoms with Gasteiger partial charge in [0, 0.05) is 13.1 Å². The van der Waals surface area contributed by atoms with E-state index in [1.807, 2.05) is 0 Å². The number of hydrogen-bond donors (Lipinski definition) is 1. The van der Waals surface area contributed by atoms with Gasteiger partial charge in [-0.3, -0.25) is 9.78 Å². The van der Waals surface area contributed by atoms with E-state index in [2.05, 4.69) is 52.1 Å². The van der Waals surface area contributed by atoms with Gasteiger partial charge in [-0.25, -0.2) is 4.98 Å².